The van der Waals surface area contributed by atoms with Gasteiger partial charge >= 0.3 is 0 Å². The number of sulfonamides is 1. The van der Waals surface area contributed by atoms with Gasteiger partial charge in [-0.2, -0.15) is 0 Å². The molecule has 3 aromatic carbocycles. The third-order valence-electron chi connectivity index (χ3n) is 4.23. The number of rotatable bonds is 7. The largest absolute Gasteiger partial charge is 0.481 e. The summed E-state index contributed by atoms with van der Waals surface area (Å²) in [6.07, 6.45) is 0. The maximum atomic E-state index is 12.7. The Kier molecular flexibility index (Phi) is 7.71. The summed E-state index contributed by atoms with van der Waals surface area (Å²) >= 11 is 15.3. The Morgan fingerprint density at radius 3 is 2.19 bits per heavy atom. The molecule has 6 nitrogen and oxygen atoms in total. The number of carbonyl (C=O) groups is 1. The van der Waals surface area contributed by atoms with Gasteiger partial charge in [-0.25, -0.2) is 8.42 Å². The van der Waals surface area contributed by atoms with Crippen LogP contribution in [0.3, 0.4) is 0 Å². The predicted octanol–water partition coefficient (Wildman–Crippen LogP) is 6.19. The number of halogens is 3. The van der Waals surface area contributed by atoms with E-state index >= 15 is 0 Å². The second-order valence-corrected chi connectivity index (χ2v) is 10.4. The molecule has 0 aliphatic rings. The molecule has 0 aromatic heterocycles. The molecule has 1 amide bonds. The Morgan fingerprint density at radius 2 is 1.59 bits per heavy atom. The number of anilines is 2. The van der Waals surface area contributed by atoms with Crippen LogP contribution in [0, 0.1) is 13.8 Å². The van der Waals surface area contributed by atoms with Crippen LogP contribution < -0.4 is 14.8 Å². The number of carbonyl (C=O) groups excluding carboxylic acids is 1. The lowest BCUT2D eigenvalue weighted by Gasteiger charge is -2.12. The maximum absolute atomic E-state index is 12.7. The molecule has 0 unspecified atom stereocenters. The molecule has 0 saturated carbocycles. The highest BCUT2D eigenvalue weighted by Crippen LogP contribution is 2.36. The van der Waals surface area contributed by atoms with Crippen LogP contribution in [0.2, 0.25) is 10.0 Å². The van der Waals surface area contributed by atoms with Gasteiger partial charge in [0.1, 0.15) is 0 Å². The van der Waals surface area contributed by atoms with Crippen LogP contribution in [0.4, 0.5) is 11.4 Å². The van der Waals surface area contributed by atoms with Crippen molar-refractivity contribution in [2.45, 2.75) is 18.7 Å². The number of aryl methyl sites for hydroxylation is 2. The summed E-state index contributed by atoms with van der Waals surface area (Å²) in [5.41, 5.74) is 2.82. The van der Waals surface area contributed by atoms with E-state index < -0.39 is 15.9 Å². The number of ether oxygens (including phenoxy) is 1. The molecule has 0 aliphatic carbocycles. The van der Waals surface area contributed by atoms with Gasteiger partial charge < -0.3 is 10.1 Å². The van der Waals surface area contributed by atoms with Crippen LogP contribution in [0.15, 0.2) is 64.0 Å². The van der Waals surface area contributed by atoms with Crippen molar-refractivity contribution < 1.29 is 17.9 Å². The summed E-state index contributed by atoms with van der Waals surface area (Å²) in [5.74, 6) is -0.142. The molecule has 0 bridgehead atoms. The summed E-state index contributed by atoms with van der Waals surface area (Å²) in [7, 11) is -3.77. The van der Waals surface area contributed by atoms with Crippen molar-refractivity contribution in [3.8, 4) is 5.75 Å². The standard InChI is InChI=1S/C22H19BrCl2N2O4S/c1-13-7-14(2)9-17(8-13)27-32(29,30)18-5-3-16(4-6-18)26-21(28)12-31-22-19(23)10-15(24)11-20(22)25/h3-11,27H,12H2,1-2H3,(H,26,28). The molecule has 0 aliphatic heterocycles. The molecule has 0 spiro atoms. The Bertz CT molecular complexity index is 1220. The average molecular weight is 558 g/mol. The van der Waals surface area contributed by atoms with Crippen molar-refractivity contribution in [3.63, 3.8) is 0 Å². The van der Waals surface area contributed by atoms with Crippen LogP contribution in [0.1, 0.15) is 11.1 Å². The van der Waals surface area contributed by atoms with Crippen molar-refractivity contribution in [2.75, 3.05) is 16.6 Å². The molecule has 0 fully saturated rings. The van der Waals surface area contributed by atoms with Crippen molar-refractivity contribution in [1.82, 2.24) is 0 Å². The van der Waals surface area contributed by atoms with Crippen LogP contribution in [-0.2, 0) is 14.8 Å². The number of hydrogen-bond acceptors (Lipinski definition) is 4. The fourth-order valence-electron chi connectivity index (χ4n) is 2.97. The molecular formula is C22H19BrCl2N2O4S. The fourth-order valence-corrected chi connectivity index (χ4v) is 5.38. The van der Waals surface area contributed by atoms with Crippen LogP contribution >= 0.6 is 39.1 Å². The van der Waals surface area contributed by atoms with Crippen molar-refractivity contribution >= 4 is 66.4 Å². The maximum Gasteiger partial charge on any atom is 0.262 e. The third kappa shape index (κ3) is 6.38. The minimum Gasteiger partial charge on any atom is -0.481 e. The first-order valence-corrected chi connectivity index (χ1v) is 12.3. The highest BCUT2D eigenvalue weighted by molar-refractivity contribution is 9.10. The van der Waals surface area contributed by atoms with Crippen molar-refractivity contribution in [2.24, 2.45) is 0 Å². The predicted molar refractivity (Wildman–Crippen MR) is 131 cm³/mol. The molecule has 0 heterocycles. The highest BCUT2D eigenvalue weighted by atomic mass is 79.9. The summed E-state index contributed by atoms with van der Waals surface area (Å²) in [5, 5.41) is 3.34. The van der Waals surface area contributed by atoms with E-state index in [1.807, 2.05) is 19.9 Å². The van der Waals surface area contributed by atoms with Crippen LogP contribution in [0.5, 0.6) is 5.75 Å². The molecule has 2 N–H and O–H groups in total. The Labute approximate surface area is 205 Å². The van der Waals surface area contributed by atoms with E-state index in [1.54, 1.807) is 18.2 Å². The highest BCUT2D eigenvalue weighted by Gasteiger charge is 2.15. The lowest BCUT2D eigenvalue weighted by molar-refractivity contribution is -0.118. The lowest BCUT2D eigenvalue weighted by Crippen LogP contribution is -2.20. The second-order valence-electron chi connectivity index (χ2n) is 7.04. The average Bonchev–Trinajstić information content (AvgIpc) is 2.66. The van der Waals surface area contributed by atoms with E-state index in [-0.39, 0.29) is 16.5 Å². The van der Waals surface area contributed by atoms with Gasteiger partial charge in [-0.15, -0.1) is 0 Å². The number of amides is 1. The van der Waals surface area contributed by atoms with E-state index in [2.05, 4.69) is 26.0 Å². The monoisotopic (exact) mass is 556 g/mol. The zero-order valence-electron chi connectivity index (χ0n) is 17.1. The minimum atomic E-state index is -3.77. The zero-order valence-corrected chi connectivity index (χ0v) is 21.0. The topological polar surface area (TPSA) is 84.5 Å². The van der Waals surface area contributed by atoms with Crippen LogP contribution in [0.25, 0.3) is 0 Å². The summed E-state index contributed by atoms with van der Waals surface area (Å²) in [6.45, 7) is 3.49. The summed E-state index contributed by atoms with van der Waals surface area (Å²) in [6, 6.07) is 14.4. The van der Waals surface area contributed by atoms with E-state index in [0.717, 1.165) is 11.1 Å². The smallest absolute Gasteiger partial charge is 0.262 e. The van der Waals surface area contributed by atoms with Gasteiger partial charge in [0.15, 0.2) is 12.4 Å². The molecule has 3 rings (SSSR count). The van der Waals surface area contributed by atoms with Crippen LogP contribution in [-0.4, -0.2) is 20.9 Å². The summed E-state index contributed by atoms with van der Waals surface area (Å²) in [4.78, 5) is 12.3. The van der Waals surface area contributed by atoms with Gasteiger partial charge in [0, 0.05) is 16.4 Å². The fraction of sp³-hybridized carbons (Fsp3) is 0.136. The quantitative estimate of drug-likeness (QED) is 0.362. The number of hydrogen-bond donors (Lipinski definition) is 2. The van der Waals surface area contributed by atoms with Gasteiger partial charge in [-0.05, 0) is 89.4 Å². The zero-order chi connectivity index (χ0) is 23.5. The van der Waals surface area contributed by atoms with E-state index in [1.165, 1.54) is 30.3 Å². The first kappa shape index (κ1) is 24.4. The number of benzene rings is 3. The van der Waals surface area contributed by atoms with E-state index in [9.17, 15) is 13.2 Å². The van der Waals surface area contributed by atoms with Crippen molar-refractivity contribution in [1.29, 1.82) is 0 Å². The van der Waals surface area contributed by atoms with Gasteiger partial charge in [0.2, 0.25) is 0 Å². The molecule has 3 aromatic rings. The third-order valence-corrected chi connectivity index (χ3v) is 6.72. The molecule has 0 atom stereocenters. The molecule has 0 saturated heterocycles. The Morgan fingerprint density at radius 1 is 0.969 bits per heavy atom. The Balaban J connectivity index is 1.63. The first-order chi connectivity index (χ1) is 15.0. The molecular weight excluding hydrogens is 539 g/mol. The molecule has 32 heavy (non-hydrogen) atoms. The van der Waals surface area contributed by atoms with Gasteiger partial charge in [0.25, 0.3) is 15.9 Å². The molecule has 0 radical (unpaired) electrons. The lowest BCUT2D eigenvalue weighted by atomic mass is 10.1. The van der Waals surface area contributed by atoms with E-state index in [0.29, 0.717) is 26.6 Å². The van der Waals surface area contributed by atoms with Crippen molar-refractivity contribution in [3.05, 3.63) is 80.2 Å². The van der Waals surface area contributed by atoms with E-state index in [4.69, 9.17) is 27.9 Å². The summed E-state index contributed by atoms with van der Waals surface area (Å²) < 4.78 is 33.9. The van der Waals surface area contributed by atoms with Gasteiger partial charge in [-0.3, -0.25) is 9.52 Å². The SMILES string of the molecule is Cc1cc(C)cc(NS(=O)(=O)c2ccc(NC(=O)COc3c(Cl)cc(Cl)cc3Br)cc2)c1. The number of nitrogens with one attached hydrogen (secondary N) is 2. The normalized spacial score (nSPS) is 11.2. The first-order valence-electron chi connectivity index (χ1n) is 9.32. The molecule has 168 valence electrons. The molecule has 10 heteroatoms. The minimum absolute atomic E-state index is 0.0720. The second kappa shape index (κ2) is 10.1. The van der Waals surface area contributed by atoms with Gasteiger partial charge in [-0.1, -0.05) is 29.3 Å². The Hall–Kier alpha value is -2.26. The van der Waals surface area contributed by atoms with Gasteiger partial charge in [0.05, 0.1) is 14.4 Å².